The molecule has 0 atom stereocenters. The smallest absolute Gasteiger partial charge is 0.326 e. The first-order chi connectivity index (χ1) is 13.4. The van der Waals surface area contributed by atoms with E-state index in [2.05, 4.69) is 11.9 Å². The molecule has 144 valence electrons. The molecule has 0 saturated heterocycles. The van der Waals surface area contributed by atoms with Crippen molar-refractivity contribution >= 4 is 29.2 Å². The fourth-order valence-corrected chi connectivity index (χ4v) is 2.93. The van der Waals surface area contributed by atoms with Crippen molar-refractivity contribution in [2.75, 3.05) is 25.6 Å². The first-order valence-electron chi connectivity index (χ1n) is 8.61. The fourth-order valence-electron chi connectivity index (χ4n) is 2.93. The summed E-state index contributed by atoms with van der Waals surface area (Å²) in [6.07, 6.45) is 0. The number of hydrogen-bond donors (Lipinski definition) is 1. The first-order valence-corrected chi connectivity index (χ1v) is 8.61. The quantitative estimate of drug-likeness (QED) is 0.779. The lowest BCUT2D eigenvalue weighted by Crippen LogP contribution is -2.32. The minimum atomic E-state index is -0.700. The molecule has 2 amide bonds. The van der Waals surface area contributed by atoms with Gasteiger partial charge >= 0.3 is 5.97 Å². The lowest BCUT2D eigenvalue weighted by Gasteiger charge is -2.16. The van der Waals surface area contributed by atoms with Crippen LogP contribution in [0.25, 0.3) is 5.70 Å². The minimum Gasteiger partial charge on any atom is -0.495 e. The molecule has 0 spiro atoms. The molecule has 3 rings (SSSR count). The third-order valence-electron chi connectivity index (χ3n) is 4.32. The van der Waals surface area contributed by atoms with E-state index >= 15 is 0 Å². The monoisotopic (exact) mass is 380 g/mol. The molecule has 2 aromatic rings. The molecule has 7 nitrogen and oxygen atoms in total. The van der Waals surface area contributed by atoms with Crippen molar-refractivity contribution in [2.24, 2.45) is 0 Å². The topological polar surface area (TPSA) is 84.9 Å². The van der Waals surface area contributed by atoms with E-state index in [0.717, 1.165) is 5.56 Å². The van der Waals surface area contributed by atoms with Crippen molar-refractivity contribution in [3.8, 4) is 5.75 Å². The molecule has 0 saturated carbocycles. The van der Waals surface area contributed by atoms with E-state index in [1.807, 2.05) is 13.0 Å². The Labute approximate surface area is 162 Å². The van der Waals surface area contributed by atoms with Gasteiger partial charge in [-0.15, -0.1) is 0 Å². The molecule has 7 heteroatoms. The van der Waals surface area contributed by atoms with Crippen molar-refractivity contribution in [3.63, 3.8) is 0 Å². The Morgan fingerprint density at radius 1 is 1.14 bits per heavy atom. The minimum absolute atomic E-state index is 0.312. The number of aryl methyl sites for hydroxylation is 1. The second kappa shape index (κ2) is 7.96. The molecule has 1 aliphatic heterocycles. The zero-order valence-electron chi connectivity index (χ0n) is 15.7. The van der Waals surface area contributed by atoms with Gasteiger partial charge in [0.15, 0.2) is 6.61 Å². The number of methoxy groups -OCH3 is 1. The van der Waals surface area contributed by atoms with Gasteiger partial charge in [-0.3, -0.25) is 19.3 Å². The molecule has 0 radical (unpaired) electrons. The highest BCUT2D eigenvalue weighted by Crippen LogP contribution is 2.30. The Hall–Kier alpha value is -3.61. The molecule has 0 unspecified atom stereocenters. The number of esters is 1. The zero-order valence-corrected chi connectivity index (χ0v) is 15.7. The van der Waals surface area contributed by atoms with Gasteiger partial charge < -0.3 is 14.8 Å². The first kappa shape index (κ1) is 19.2. The van der Waals surface area contributed by atoms with Crippen molar-refractivity contribution in [1.29, 1.82) is 0 Å². The van der Waals surface area contributed by atoms with Crippen LogP contribution in [0, 0.1) is 6.92 Å². The largest absolute Gasteiger partial charge is 0.495 e. The molecule has 0 aliphatic carbocycles. The molecule has 0 fully saturated rings. The number of nitrogens with one attached hydrogen (secondary N) is 1. The number of benzene rings is 2. The Morgan fingerprint density at radius 2 is 1.86 bits per heavy atom. The van der Waals surface area contributed by atoms with E-state index in [4.69, 9.17) is 9.47 Å². The number of amides is 2. The summed E-state index contributed by atoms with van der Waals surface area (Å²) in [5.41, 5.74) is 3.04. The second-order valence-electron chi connectivity index (χ2n) is 6.30. The number of fused-ring (bicyclic) bond motifs is 1. The molecule has 2 aromatic carbocycles. The molecule has 0 aromatic heterocycles. The van der Waals surface area contributed by atoms with Gasteiger partial charge in [-0.1, -0.05) is 30.8 Å². The van der Waals surface area contributed by atoms with E-state index in [-0.39, 0.29) is 12.5 Å². The van der Waals surface area contributed by atoms with E-state index in [1.54, 1.807) is 36.4 Å². The van der Waals surface area contributed by atoms with Gasteiger partial charge in [0.1, 0.15) is 12.3 Å². The average molecular weight is 380 g/mol. The van der Waals surface area contributed by atoms with Crippen molar-refractivity contribution < 1.29 is 23.9 Å². The molecule has 1 heterocycles. The van der Waals surface area contributed by atoms with Crippen LogP contribution < -0.4 is 10.1 Å². The highest BCUT2D eigenvalue weighted by atomic mass is 16.5. The van der Waals surface area contributed by atoms with Gasteiger partial charge in [0.25, 0.3) is 11.8 Å². The van der Waals surface area contributed by atoms with Crippen LogP contribution in [0.5, 0.6) is 5.75 Å². The van der Waals surface area contributed by atoms with Crippen LogP contribution in [0.3, 0.4) is 0 Å². The van der Waals surface area contributed by atoms with Crippen molar-refractivity contribution in [3.05, 3.63) is 65.7 Å². The van der Waals surface area contributed by atoms with E-state index in [0.29, 0.717) is 28.3 Å². The summed E-state index contributed by atoms with van der Waals surface area (Å²) < 4.78 is 10.2. The number of anilines is 1. The summed E-state index contributed by atoms with van der Waals surface area (Å²) in [4.78, 5) is 37.8. The summed E-state index contributed by atoms with van der Waals surface area (Å²) in [5.74, 6) is -1.02. The SMILES string of the molecule is C=C1c2ccccc2C(=O)N1CC(=O)OCC(=O)Nc1cc(C)ccc1OC. The lowest BCUT2D eigenvalue weighted by atomic mass is 10.1. The Bertz CT molecular complexity index is 932. The molecular weight excluding hydrogens is 360 g/mol. The normalized spacial score (nSPS) is 12.6. The second-order valence-corrected chi connectivity index (χ2v) is 6.30. The van der Waals surface area contributed by atoms with Crippen LogP contribution in [-0.2, 0) is 14.3 Å². The number of carbonyl (C=O) groups is 3. The molecule has 1 aliphatic rings. The van der Waals surface area contributed by atoms with Gasteiger partial charge in [-0.05, 0) is 30.7 Å². The molecular formula is C21H20N2O5. The molecule has 1 N–H and O–H groups in total. The van der Waals surface area contributed by atoms with Crippen LogP contribution in [0.1, 0.15) is 21.5 Å². The maximum atomic E-state index is 12.4. The van der Waals surface area contributed by atoms with Crippen LogP contribution in [0.4, 0.5) is 5.69 Å². The van der Waals surface area contributed by atoms with Crippen molar-refractivity contribution in [2.45, 2.75) is 6.92 Å². The predicted molar refractivity (Wildman–Crippen MR) is 104 cm³/mol. The number of hydrogen-bond acceptors (Lipinski definition) is 5. The number of ether oxygens (including phenoxy) is 2. The molecule has 28 heavy (non-hydrogen) atoms. The van der Waals surface area contributed by atoms with E-state index in [1.165, 1.54) is 12.0 Å². The highest BCUT2D eigenvalue weighted by molar-refractivity contribution is 6.10. The van der Waals surface area contributed by atoms with Crippen LogP contribution >= 0.6 is 0 Å². The standard InChI is InChI=1S/C21H20N2O5/c1-13-8-9-18(27-3)17(10-13)22-19(24)12-28-20(25)11-23-14(2)15-6-4-5-7-16(15)21(23)26/h4-10H,2,11-12H2,1,3H3,(H,22,24). The van der Waals surface area contributed by atoms with E-state index < -0.39 is 18.5 Å². The van der Waals surface area contributed by atoms with Crippen molar-refractivity contribution in [1.82, 2.24) is 4.90 Å². The lowest BCUT2D eigenvalue weighted by molar-refractivity contribution is -0.147. The highest BCUT2D eigenvalue weighted by Gasteiger charge is 2.32. The number of rotatable bonds is 6. The Kier molecular flexibility index (Phi) is 5.44. The number of nitrogens with zero attached hydrogens (tertiary/aromatic N) is 1. The van der Waals surface area contributed by atoms with Crippen LogP contribution in [0.2, 0.25) is 0 Å². The summed E-state index contributed by atoms with van der Waals surface area (Å²) in [7, 11) is 1.50. The number of carbonyl (C=O) groups excluding carboxylic acids is 3. The zero-order chi connectivity index (χ0) is 20.3. The van der Waals surface area contributed by atoms with Gasteiger partial charge in [0, 0.05) is 16.8 Å². The van der Waals surface area contributed by atoms with Gasteiger partial charge in [0.05, 0.1) is 12.8 Å². The summed E-state index contributed by atoms with van der Waals surface area (Å²) >= 11 is 0. The predicted octanol–water partition coefficient (Wildman–Crippen LogP) is 2.61. The van der Waals surface area contributed by atoms with Crippen LogP contribution in [0.15, 0.2) is 49.0 Å². The van der Waals surface area contributed by atoms with Gasteiger partial charge in [-0.25, -0.2) is 0 Å². The summed E-state index contributed by atoms with van der Waals surface area (Å²) in [5, 5.41) is 2.64. The van der Waals surface area contributed by atoms with E-state index in [9.17, 15) is 14.4 Å². The maximum Gasteiger partial charge on any atom is 0.326 e. The average Bonchev–Trinajstić information content (AvgIpc) is 2.92. The molecule has 0 bridgehead atoms. The fraction of sp³-hybridized carbons (Fsp3) is 0.190. The van der Waals surface area contributed by atoms with Gasteiger partial charge in [-0.2, -0.15) is 0 Å². The van der Waals surface area contributed by atoms with Crippen LogP contribution in [-0.4, -0.2) is 42.9 Å². The maximum absolute atomic E-state index is 12.4. The Morgan fingerprint density at radius 3 is 2.54 bits per heavy atom. The third kappa shape index (κ3) is 3.88. The third-order valence-corrected chi connectivity index (χ3v) is 4.32. The Balaban J connectivity index is 1.55. The van der Waals surface area contributed by atoms with Gasteiger partial charge in [0.2, 0.25) is 0 Å². The summed E-state index contributed by atoms with van der Waals surface area (Å²) in [6.45, 7) is 4.96. The summed E-state index contributed by atoms with van der Waals surface area (Å²) in [6, 6.07) is 12.3.